The van der Waals surface area contributed by atoms with Crippen LogP contribution in [0.15, 0.2) is 30.3 Å². The molecule has 0 aromatic heterocycles. The highest BCUT2D eigenvalue weighted by Gasteiger charge is 2.19. The summed E-state index contributed by atoms with van der Waals surface area (Å²) in [6.07, 6.45) is 0. The summed E-state index contributed by atoms with van der Waals surface area (Å²) in [5.41, 5.74) is 5.95. The van der Waals surface area contributed by atoms with E-state index >= 15 is 0 Å². The third kappa shape index (κ3) is 3.72. The zero-order valence-corrected chi connectivity index (χ0v) is 12.6. The molecule has 2 rings (SSSR count). The molecule has 0 fully saturated rings. The predicted molar refractivity (Wildman–Crippen MR) is 83.1 cm³/mol. The Morgan fingerprint density at radius 1 is 1.04 bits per heavy atom. The van der Waals surface area contributed by atoms with Gasteiger partial charge in [-0.25, -0.2) is 13.2 Å². The first kappa shape index (κ1) is 17.5. The van der Waals surface area contributed by atoms with E-state index < -0.39 is 34.8 Å². The van der Waals surface area contributed by atoms with Gasteiger partial charge in [-0.1, -0.05) is 6.07 Å². The molecule has 0 unspecified atom stereocenters. The van der Waals surface area contributed by atoms with Gasteiger partial charge >= 0.3 is 0 Å². The van der Waals surface area contributed by atoms with Crippen molar-refractivity contribution in [3.8, 4) is 0 Å². The SMILES string of the molecule is Cc1ccc(NC(=O)c2ccc(F)c(F)c2F)cc1NC(=O)CN. The van der Waals surface area contributed by atoms with E-state index in [1.165, 1.54) is 12.1 Å². The maximum absolute atomic E-state index is 13.6. The zero-order valence-electron chi connectivity index (χ0n) is 12.6. The Kier molecular flexibility index (Phi) is 5.20. The molecule has 0 bridgehead atoms. The third-order valence-electron chi connectivity index (χ3n) is 3.23. The number of amides is 2. The Morgan fingerprint density at radius 3 is 2.42 bits per heavy atom. The maximum atomic E-state index is 13.6. The van der Waals surface area contributed by atoms with Crippen molar-refractivity contribution < 1.29 is 22.8 Å². The quantitative estimate of drug-likeness (QED) is 0.750. The minimum absolute atomic E-state index is 0.212. The molecule has 24 heavy (non-hydrogen) atoms. The number of carbonyl (C=O) groups is 2. The lowest BCUT2D eigenvalue weighted by Gasteiger charge is -2.11. The van der Waals surface area contributed by atoms with Gasteiger partial charge in [0, 0.05) is 11.4 Å². The number of hydrogen-bond acceptors (Lipinski definition) is 3. The van der Waals surface area contributed by atoms with Crippen molar-refractivity contribution in [2.75, 3.05) is 17.2 Å². The van der Waals surface area contributed by atoms with Gasteiger partial charge in [0.2, 0.25) is 5.91 Å². The largest absolute Gasteiger partial charge is 0.325 e. The molecule has 0 saturated heterocycles. The van der Waals surface area contributed by atoms with Crippen molar-refractivity contribution in [1.82, 2.24) is 0 Å². The van der Waals surface area contributed by atoms with Crippen LogP contribution in [0.4, 0.5) is 24.5 Å². The molecule has 5 nitrogen and oxygen atoms in total. The summed E-state index contributed by atoms with van der Waals surface area (Å²) in [6, 6.07) is 6.08. The number of rotatable bonds is 4. The molecule has 0 spiro atoms. The van der Waals surface area contributed by atoms with Crippen molar-refractivity contribution in [1.29, 1.82) is 0 Å². The molecule has 126 valence electrons. The van der Waals surface area contributed by atoms with Crippen molar-refractivity contribution in [3.63, 3.8) is 0 Å². The van der Waals surface area contributed by atoms with Crippen molar-refractivity contribution >= 4 is 23.2 Å². The number of benzene rings is 2. The number of nitrogens with one attached hydrogen (secondary N) is 2. The third-order valence-corrected chi connectivity index (χ3v) is 3.23. The number of carbonyl (C=O) groups excluding carboxylic acids is 2. The highest BCUT2D eigenvalue weighted by Crippen LogP contribution is 2.22. The summed E-state index contributed by atoms with van der Waals surface area (Å²) in [5.74, 6) is -6.05. The lowest BCUT2D eigenvalue weighted by atomic mass is 10.1. The lowest BCUT2D eigenvalue weighted by Crippen LogP contribution is -2.22. The molecule has 0 saturated carbocycles. The fraction of sp³-hybridized carbons (Fsp3) is 0.125. The molecule has 2 aromatic carbocycles. The number of halogens is 3. The lowest BCUT2D eigenvalue weighted by molar-refractivity contribution is -0.114. The number of hydrogen-bond donors (Lipinski definition) is 3. The average Bonchev–Trinajstić information content (AvgIpc) is 2.55. The van der Waals surface area contributed by atoms with Gasteiger partial charge in [0.25, 0.3) is 5.91 Å². The highest BCUT2D eigenvalue weighted by molar-refractivity contribution is 6.05. The van der Waals surface area contributed by atoms with Crippen LogP contribution in [-0.4, -0.2) is 18.4 Å². The molecular weight excluding hydrogens is 323 g/mol. The van der Waals surface area contributed by atoms with Gasteiger partial charge in [-0.05, 0) is 36.8 Å². The first-order valence-corrected chi connectivity index (χ1v) is 6.89. The van der Waals surface area contributed by atoms with Crippen LogP contribution in [0.5, 0.6) is 0 Å². The second-order valence-electron chi connectivity index (χ2n) is 4.96. The molecule has 0 aliphatic heterocycles. The molecule has 0 aliphatic rings. The first-order chi connectivity index (χ1) is 11.3. The minimum Gasteiger partial charge on any atom is -0.325 e. The average molecular weight is 337 g/mol. The number of anilines is 2. The van der Waals surface area contributed by atoms with E-state index in [1.807, 2.05) is 0 Å². The van der Waals surface area contributed by atoms with Crippen LogP contribution in [0, 0.1) is 24.4 Å². The molecule has 0 atom stereocenters. The second-order valence-corrected chi connectivity index (χ2v) is 4.96. The molecular formula is C16H14F3N3O2. The predicted octanol–water partition coefficient (Wildman–Crippen LogP) is 2.56. The maximum Gasteiger partial charge on any atom is 0.258 e. The first-order valence-electron chi connectivity index (χ1n) is 6.89. The Bertz CT molecular complexity index is 809. The van der Waals surface area contributed by atoms with Crippen LogP contribution in [0.2, 0.25) is 0 Å². The normalized spacial score (nSPS) is 10.4. The van der Waals surface area contributed by atoms with E-state index in [1.54, 1.807) is 13.0 Å². The summed E-state index contributed by atoms with van der Waals surface area (Å²) in [5, 5.41) is 4.90. The summed E-state index contributed by atoms with van der Waals surface area (Å²) in [6.45, 7) is 1.52. The van der Waals surface area contributed by atoms with Crippen molar-refractivity contribution in [3.05, 3.63) is 58.9 Å². The molecule has 8 heteroatoms. The summed E-state index contributed by atoms with van der Waals surface area (Å²) >= 11 is 0. The minimum atomic E-state index is -1.72. The van der Waals surface area contributed by atoms with Gasteiger partial charge in [0.1, 0.15) is 0 Å². The van der Waals surface area contributed by atoms with Gasteiger partial charge in [-0.2, -0.15) is 0 Å². The van der Waals surface area contributed by atoms with Crippen LogP contribution in [0.3, 0.4) is 0 Å². The smallest absolute Gasteiger partial charge is 0.258 e. The Labute approximate surface area is 135 Å². The molecule has 0 heterocycles. The highest BCUT2D eigenvalue weighted by atomic mass is 19.2. The molecule has 2 aromatic rings. The monoisotopic (exact) mass is 337 g/mol. The summed E-state index contributed by atoms with van der Waals surface area (Å²) in [7, 11) is 0. The van der Waals surface area contributed by atoms with Crippen LogP contribution in [0.1, 0.15) is 15.9 Å². The van der Waals surface area contributed by atoms with E-state index in [-0.39, 0.29) is 12.2 Å². The Balaban J connectivity index is 2.25. The number of nitrogens with two attached hydrogens (primary N) is 1. The second kappa shape index (κ2) is 7.14. The van der Waals surface area contributed by atoms with Crippen LogP contribution in [-0.2, 0) is 4.79 Å². The topological polar surface area (TPSA) is 84.2 Å². The Hall–Kier alpha value is -2.87. The van der Waals surface area contributed by atoms with Crippen LogP contribution < -0.4 is 16.4 Å². The van der Waals surface area contributed by atoms with Crippen LogP contribution >= 0.6 is 0 Å². The van der Waals surface area contributed by atoms with E-state index in [4.69, 9.17) is 5.73 Å². The molecule has 4 N–H and O–H groups in total. The fourth-order valence-electron chi connectivity index (χ4n) is 1.94. The van der Waals surface area contributed by atoms with Gasteiger partial charge in [0.15, 0.2) is 17.5 Å². The Morgan fingerprint density at radius 2 is 1.75 bits per heavy atom. The van der Waals surface area contributed by atoms with E-state index in [2.05, 4.69) is 10.6 Å². The zero-order chi connectivity index (χ0) is 17.9. The van der Waals surface area contributed by atoms with Crippen molar-refractivity contribution in [2.24, 2.45) is 5.73 Å². The molecule has 0 aliphatic carbocycles. The fourth-order valence-corrected chi connectivity index (χ4v) is 1.94. The van der Waals surface area contributed by atoms with Gasteiger partial charge in [0.05, 0.1) is 12.1 Å². The van der Waals surface area contributed by atoms with Crippen molar-refractivity contribution in [2.45, 2.75) is 6.92 Å². The van der Waals surface area contributed by atoms with Gasteiger partial charge in [-0.3, -0.25) is 9.59 Å². The summed E-state index contributed by atoms with van der Waals surface area (Å²) in [4.78, 5) is 23.4. The van der Waals surface area contributed by atoms with E-state index in [0.717, 1.165) is 6.07 Å². The number of aryl methyl sites for hydroxylation is 1. The summed E-state index contributed by atoms with van der Waals surface area (Å²) < 4.78 is 39.7. The van der Waals surface area contributed by atoms with Gasteiger partial charge < -0.3 is 16.4 Å². The van der Waals surface area contributed by atoms with Crippen LogP contribution in [0.25, 0.3) is 0 Å². The molecule has 2 amide bonds. The molecule has 0 radical (unpaired) electrons. The van der Waals surface area contributed by atoms with Gasteiger partial charge in [-0.15, -0.1) is 0 Å². The van der Waals surface area contributed by atoms with E-state index in [9.17, 15) is 22.8 Å². The standard InChI is InChI=1S/C16H14F3N3O2/c1-8-2-3-9(6-12(8)22-13(23)7-20)21-16(24)10-4-5-11(17)15(19)14(10)18/h2-6H,7,20H2,1H3,(H,21,24)(H,22,23). The van der Waals surface area contributed by atoms with E-state index in [0.29, 0.717) is 17.3 Å².